The molecule has 0 unspecified atom stereocenters. The van der Waals surface area contributed by atoms with Crippen molar-refractivity contribution in [2.45, 2.75) is 44.1 Å². The van der Waals surface area contributed by atoms with Gasteiger partial charge in [0, 0.05) is 23.5 Å². The van der Waals surface area contributed by atoms with Crippen LogP contribution in [0.15, 0.2) is 0 Å². The molecule has 1 aromatic heterocycles. The molecule has 4 heteroatoms. The Bertz CT molecular complexity index is 302. The van der Waals surface area contributed by atoms with E-state index in [9.17, 15) is 0 Å². The van der Waals surface area contributed by atoms with Crippen molar-refractivity contribution in [3.63, 3.8) is 0 Å². The predicted octanol–water partition coefficient (Wildman–Crippen LogP) is 2.38. The highest BCUT2D eigenvalue weighted by Gasteiger charge is 2.28. The Morgan fingerprint density at radius 1 is 1.23 bits per heavy atom. The molecular formula is C9H13N3S. The SMILES string of the molecule is C1CC(Nc2nc(C3CC3)ns2)C1. The Labute approximate surface area is 81.7 Å². The fourth-order valence-electron chi connectivity index (χ4n) is 1.53. The van der Waals surface area contributed by atoms with Crippen molar-refractivity contribution in [3.05, 3.63) is 5.82 Å². The van der Waals surface area contributed by atoms with Gasteiger partial charge >= 0.3 is 0 Å². The molecule has 1 aromatic rings. The number of aromatic nitrogens is 2. The summed E-state index contributed by atoms with van der Waals surface area (Å²) in [5.74, 6) is 1.76. The molecule has 1 N–H and O–H groups in total. The lowest BCUT2D eigenvalue weighted by Crippen LogP contribution is -2.26. The number of anilines is 1. The molecule has 2 aliphatic rings. The molecule has 0 atom stereocenters. The summed E-state index contributed by atoms with van der Waals surface area (Å²) in [7, 11) is 0. The van der Waals surface area contributed by atoms with Crippen molar-refractivity contribution in [3.8, 4) is 0 Å². The zero-order valence-corrected chi connectivity index (χ0v) is 8.31. The van der Waals surface area contributed by atoms with Gasteiger partial charge in [0.15, 0.2) is 0 Å². The maximum Gasteiger partial charge on any atom is 0.202 e. The van der Waals surface area contributed by atoms with E-state index in [1.54, 1.807) is 0 Å². The summed E-state index contributed by atoms with van der Waals surface area (Å²) in [5.41, 5.74) is 0. The van der Waals surface area contributed by atoms with Crippen LogP contribution in [0, 0.1) is 0 Å². The van der Waals surface area contributed by atoms with Crippen LogP contribution in [0.5, 0.6) is 0 Å². The van der Waals surface area contributed by atoms with Gasteiger partial charge in [-0.2, -0.15) is 4.37 Å². The molecule has 3 nitrogen and oxygen atoms in total. The topological polar surface area (TPSA) is 37.8 Å². The smallest absolute Gasteiger partial charge is 0.202 e. The van der Waals surface area contributed by atoms with Gasteiger partial charge in [-0.3, -0.25) is 0 Å². The normalized spacial score (nSPS) is 22.8. The third-order valence-electron chi connectivity index (χ3n) is 2.82. The molecule has 0 bridgehead atoms. The largest absolute Gasteiger partial charge is 0.358 e. The predicted molar refractivity (Wildman–Crippen MR) is 53.1 cm³/mol. The highest BCUT2D eigenvalue weighted by Crippen LogP contribution is 2.39. The van der Waals surface area contributed by atoms with E-state index in [1.165, 1.54) is 43.6 Å². The Morgan fingerprint density at radius 3 is 2.69 bits per heavy atom. The van der Waals surface area contributed by atoms with Gasteiger partial charge in [0.25, 0.3) is 0 Å². The molecule has 3 rings (SSSR count). The van der Waals surface area contributed by atoms with Crippen LogP contribution in [0.4, 0.5) is 5.13 Å². The van der Waals surface area contributed by atoms with Crippen LogP contribution in [0.1, 0.15) is 43.8 Å². The zero-order valence-electron chi connectivity index (χ0n) is 7.49. The van der Waals surface area contributed by atoms with Crippen LogP contribution in [-0.4, -0.2) is 15.4 Å². The summed E-state index contributed by atoms with van der Waals surface area (Å²) in [6.45, 7) is 0. The van der Waals surface area contributed by atoms with E-state index in [2.05, 4.69) is 14.7 Å². The molecule has 2 aliphatic carbocycles. The average molecular weight is 195 g/mol. The number of hydrogen-bond donors (Lipinski definition) is 1. The van der Waals surface area contributed by atoms with Crippen molar-refractivity contribution in [2.75, 3.05) is 5.32 Å². The maximum absolute atomic E-state index is 4.49. The van der Waals surface area contributed by atoms with Crippen LogP contribution in [0.25, 0.3) is 0 Å². The third kappa shape index (κ3) is 1.55. The van der Waals surface area contributed by atoms with E-state index in [-0.39, 0.29) is 0 Å². The number of hydrogen-bond acceptors (Lipinski definition) is 4. The maximum atomic E-state index is 4.49. The van der Waals surface area contributed by atoms with E-state index in [0.29, 0.717) is 12.0 Å². The Morgan fingerprint density at radius 2 is 2.08 bits per heavy atom. The minimum Gasteiger partial charge on any atom is -0.358 e. The van der Waals surface area contributed by atoms with Crippen LogP contribution in [0.3, 0.4) is 0 Å². The first kappa shape index (κ1) is 7.74. The second-order valence-corrected chi connectivity index (χ2v) is 4.76. The Balaban J connectivity index is 1.66. The Hall–Kier alpha value is -0.640. The lowest BCUT2D eigenvalue weighted by molar-refractivity contribution is 0.445. The van der Waals surface area contributed by atoms with Crippen molar-refractivity contribution < 1.29 is 0 Å². The minimum absolute atomic E-state index is 0.681. The zero-order chi connectivity index (χ0) is 8.67. The van der Waals surface area contributed by atoms with Gasteiger partial charge in [-0.05, 0) is 32.1 Å². The summed E-state index contributed by atoms with van der Waals surface area (Å²) in [5, 5.41) is 4.46. The fraction of sp³-hybridized carbons (Fsp3) is 0.778. The minimum atomic E-state index is 0.681. The van der Waals surface area contributed by atoms with Gasteiger partial charge in [-0.15, -0.1) is 0 Å². The molecule has 0 radical (unpaired) electrons. The van der Waals surface area contributed by atoms with Crippen molar-refractivity contribution in [1.82, 2.24) is 9.36 Å². The van der Waals surface area contributed by atoms with E-state index in [0.717, 1.165) is 11.0 Å². The fourth-order valence-corrected chi connectivity index (χ4v) is 2.25. The quantitative estimate of drug-likeness (QED) is 0.804. The monoisotopic (exact) mass is 195 g/mol. The standard InChI is InChI=1S/C9H13N3S/c1-2-7(3-1)10-9-11-8(12-13-9)6-4-5-6/h6-7H,1-5H2,(H,10,11,12). The number of nitrogens with one attached hydrogen (secondary N) is 1. The first-order valence-corrected chi connectivity index (χ1v) is 5.79. The molecule has 0 aliphatic heterocycles. The van der Waals surface area contributed by atoms with E-state index in [4.69, 9.17) is 0 Å². The molecular weight excluding hydrogens is 182 g/mol. The molecule has 0 spiro atoms. The molecule has 0 aromatic carbocycles. The van der Waals surface area contributed by atoms with Crippen molar-refractivity contribution >= 4 is 16.7 Å². The summed E-state index contributed by atoms with van der Waals surface area (Å²) in [6, 6.07) is 0.681. The molecule has 13 heavy (non-hydrogen) atoms. The van der Waals surface area contributed by atoms with Crippen molar-refractivity contribution in [1.29, 1.82) is 0 Å². The number of nitrogens with zero attached hydrogens (tertiary/aromatic N) is 2. The highest BCUT2D eigenvalue weighted by atomic mass is 32.1. The highest BCUT2D eigenvalue weighted by molar-refractivity contribution is 7.09. The first-order chi connectivity index (χ1) is 6.42. The number of rotatable bonds is 3. The molecule has 70 valence electrons. The molecule has 2 fully saturated rings. The average Bonchev–Trinajstić information content (AvgIpc) is 2.80. The van der Waals surface area contributed by atoms with Gasteiger partial charge in [0.1, 0.15) is 5.82 Å². The lowest BCUT2D eigenvalue weighted by Gasteiger charge is -2.25. The van der Waals surface area contributed by atoms with Crippen LogP contribution < -0.4 is 5.32 Å². The van der Waals surface area contributed by atoms with Crippen LogP contribution in [-0.2, 0) is 0 Å². The Kier molecular flexibility index (Phi) is 1.75. The van der Waals surface area contributed by atoms with Gasteiger partial charge in [0.2, 0.25) is 5.13 Å². The van der Waals surface area contributed by atoms with Crippen LogP contribution in [0.2, 0.25) is 0 Å². The molecule has 1 heterocycles. The summed E-state index contributed by atoms with van der Waals surface area (Å²) < 4.78 is 4.36. The second kappa shape index (κ2) is 2.94. The van der Waals surface area contributed by atoms with Gasteiger partial charge in [-0.1, -0.05) is 0 Å². The summed E-state index contributed by atoms with van der Waals surface area (Å²) >= 11 is 1.52. The van der Waals surface area contributed by atoms with E-state index >= 15 is 0 Å². The summed E-state index contributed by atoms with van der Waals surface area (Å²) in [4.78, 5) is 4.49. The van der Waals surface area contributed by atoms with Gasteiger partial charge < -0.3 is 5.32 Å². The van der Waals surface area contributed by atoms with Gasteiger partial charge in [0.05, 0.1) is 0 Å². The molecule has 0 saturated heterocycles. The second-order valence-electron chi connectivity index (χ2n) is 4.00. The first-order valence-electron chi connectivity index (χ1n) is 5.02. The third-order valence-corrected chi connectivity index (χ3v) is 3.48. The van der Waals surface area contributed by atoms with E-state index in [1.807, 2.05) is 0 Å². The molecule has 2 saturated carbocycles. The van der Waals surface area contributed by atoms with Crippen LogP contribution >= 0.6 is 11.5 Å². The molecule has 0 amide bonds. The lowest BCUT2D eigenvalue weighted by atomic mass is 9.93. The summed E-state index contributed by atoms with van der Waals surface area (Å²) in [6.07, 6.45) is 6.56. The van der Waals surface area contributed by atoms with Gasteiger partial charge in [-0.25, -0.2) is 4.98 Å². The van der Waals surface area contributed by atoms with Crippen molar-refractivity contribution in [2.24, 2.45) is 0 Å². The van der Waals surface area contributed by atoms with E-state index < -0.39 is 0 Å².